The van der Waals surface area contributed by atoms with Crippen LogP contribution >= 0.6 is 23.4 Å². The molecule has 1 aromatic carbocycles. The maximum Gasteiger partial charge on any atom is 0.247 e. The molecule has 0 aliphatic carbocycles. The quantitative estimate of drug-likeness (QED) is 0.383. The second kappa shape index (κ2) is 8.65. The smallest absolute Gasteiger partial charge is 0.247 e. The monoisotopic (exact) mass is 444 g/mol. The van der Waals surface area contributed by atoms with Gasteiger partial charge in [-0.3, -0.25) is 9.69 Å². The van der Waals surface area contributed by atoms with Crippen molar-refractivity contribution in [3.8, 4) is 17.1 Å². The number of halogens is 1. The molecular formula is C21H21ClN4O3S. The molecule has 0 bridgehead atoms. The zero-order valence-corrected chi connectivity index (χ0v) is 18.5. The minimum atomic E-state index is -0.831. The first-order valence-electron chi connectivity index (χ1n) is 9.68. The van der Waals surface area contributed by atoms with E-state index in [0.29, 0.717) is 32.9 Å². The van der Waals surface area contributed by atoms with Crippen molar-refractivity contribution >= 4 is 35.0 Å². The van der Waals surface area contributed by atoms with Gasteiger partial charge in [0.1, 0.15) is 5.76 Å². The van der Waals surface area contributed by atoms with Crippen LogP contribution in [-0.4, -0.2) is 26.8 Å². The minimum Gasteiger partial charge on any atom is -0.460 e. The van der Waals surface area contributed by atoms with Crippen molar-refractivity contribution in [3.63, 3.8) is 0 Å². The summed E-state index contributed by atoms with van der Waals surface area (Å²) in [6.45, 7) is 5.45. The molecular weight excluding hydrogens is 424 g/mol. The Morgan fingerprint density at radius 2 is 2.10 bits per heavy atom. The second-order valence-electron chi connectivity index (χ2n) is 6.92. The Balaban J connectivity index is 1.87. The van der Waals surface area contributed by atoms with E-state index in [9.17, 15) is 4.79 Å². The van der Waals surface area contributed by atoms with Crippen molar-refractivity contribution in [2.75, 3.05) is 10.7 Å². The summed E-state index contributed by atoms with van der Waals surface area (Å²) in [5, 5.41) is 9.68. The fourth-order valence-electron chi connectivity index (χ4n) is 3.22. The normalized spacial score (nSPS) is 15.2. The van der Waals surface area contributed by atoms with Gasteiger partial charge >= 0.3 is 0 Å². The van der Waals surface area contributed by atoms with Crippen LogP contribution in [0.15, 0.2) is 39.9 Å². The average Bonchev–Trinajstić information content (AvgIpc) is 3.08. The largest absolute Gasteiger partial charge is 0.460 e. The molecule has 3 heterocycles. The summed E-state index contributed by atoms with van der Waals surface area (Å²) in [5.74, 6) is 2.18. The fourth-order valence-corrected chi connectivity index (χ4v) is 4.25. The molecule has 9 heteroatoms. The van der Waals surface area contributed by atoms with Crippen LogP contribution in [0, 0.1) is 6.92 Å². The molecule has 3 aromatic rings. The molecule has 2 aromatic heterocycles. The Morgan fingerprint density at radius 3 is 2.80 bits per heavy atom. The molecule has 7 nitrogen and oxygen atoms in total. The van der Waals surface area contributed by atoms with E-state index in [1.807, 2.05) is 13.0 Å². The Hall–Kier alpha value is -2.58. The van der Waals surface area contributed by atoms with Crippen molar-refractivity contribution < 1.29 is 13.9 Å². The number of hydrogen-bond acceptors (Lipinski definition) is 7. The molecule has 0 N–H and O–H groups in total. The lowest BCUT2D eigenvalue weighted by Crippen LogP contribution is -2.35. The van der Waals surface area contributed by atoms with Gasteiger partial charge in [0.15, 0.2) is 11.5 Å². The summed E-state index contributed by atoms with van der Waals surface area (Å²) >= 11 is 7.78. The van der Waals surface area contributed by atoms with Crippen molar-refractivity contribution in [2.24, 2.45) is 0 Å². The lowest BCUT2D eigenvalue weighted by molar-refractivity contribution is -0.118. The number of aromatic nitrogens is 3. The van der Waals surface area contributed by atoms with Crippen molar-refractivity contribution in [2.45, 2.75) is 45.0 Å². The standard InChI is InChI=1S/C21H21ClN4O3S/c1-4-5-10-30-21-23-19-18(24-25-21)15-11-14(22)7-8-16(15)26(13(3)27)20(29-19)17-9-6-12(2)28-17/h6-9,11,20H,4-5,10H2,1-3H3/t20-/m1/s1. The van der Waals surface area contributed by atoms with E-state index in [2.05, 4.69) is 22.1 Å². The van der Waals surface area contributed by atoms with Gasteiger partial charge in [0.05, 0.1) is 5.69 Å². The van der Waals surface area contributed by atoms with E-state index in [1.165, 1.54) is 23.6 Å². The SMILES string of the molecule is CCCCSc1nnc2c(n1)O[C@H](c1ccc(C)o1)N(C(C)=O)c1ccc(Cl)cc1-2. The van der Waals surface area contributed by atoms with Crippen LogP contribution in [0.2, 0.25) is 5.02 Å². The number of ether oxygens (including phenoxy) is 1. The van der Waals surface area contributed by atoms with E-state index >= 15 is 0 Å². The van der Waals surface area contributed by atoms with Gasteiger partial charge in [0.25, 0.3) is 0 Å². The van der Waals surface area contributed by atoms with E-state index in [0.717, 1.165) is 24.4 Å². The first-order valence-corrected chi connectivity index (χ1v) is 11.0. The van der Waals surface area contributed by atoms with Gasteiger partial charge in [-0.15, -0.1) is 10.2 Å². The molecule has 4 rings (SSSR count). The fraction of sp³-hybridized carbons (Fsp3) is 0.333. The predicted molar refractivity (Wildman–Crippen MR) is 116 cm³/mol. The number of rotatable bonds is 5. The summed E-state index contributed by atoms with van der Waals surface area (Å²) in [4.78, 5) is 18.8. The third-order valence-corrected chi connectivity index (χ3v) is 5.80. The molecule has 156 valence electrons. The van der Waals surface area contributed by atoms with Gasteiger partial charge in [-0.05, 0) is 43.7 Å². The number of fused-ring (bicyclic) bond motifs is 3. The molecule has 1 atom stereocenters. The van der Waals surface area contributed by atoms with E-state index in [4.69, 9.17) is 20.8 Å². The highest BCUT2D eigenvalue weighted by Gasteiger charge is 2.36. The first kappa shape index (κ1) is 20.7. The van der Waals surface area contributed by atoms with Crippen molar-refractivity contribution in [1.82, 2.24) is 15.2 Å². The number of nitrogens with zero attached hydrogens (tertiary/aromatic N) is 4. The number of amides is 1. The molecule has 1 aliphatic heterocycles. The van der Waals surface area contributed by atoms with Gasteiger partial charge in [-0.2, -0.15) is 4.98 Å². The summed E-state index contributed by atoms with van der Waals surface area (Å²) in [6.07, 6.45) is 1.31. The number of unbranched alkanes of at least 4 members (excludes halogenated alkanes) is 1. The summed E-state index contributed by atoms with van der Waals surface area (Å²) in [7, 11) is 0. The van der Waals surface area contributed by atoms with Crippen molar-refractivity contribution in [3.05, 3.63) is 46.9 Å². The van der Waals surface area contributed by atoms with Crippen LogP contribution in [0.1, 0.15) is 44.4 Å². The molecule has 0 fully saturated rings. The van der Waals surface area contributed by atoms with Crippen LogP contribution in [0.25, 0.3) is 11.3 Å². The second-order valence-corrected chi connectivity index (χ2v) is 8.42. The van der Waals surface area contributed by atoms with Crippen molar-refractivity contribution in [1.29, 1.82) is 0 Å². The first-order chi connectivity index (χ1) is 14.5. The van der Waals surface area contributed by atoms with E-state index in [1.54, 1.807) is 24.3 Å². The molecule has 0 saturated heterocycles. The molecule has 0 saturated carbocycles. The Labute approximate surface area is 183 Å². The third kappa shape index (κ3) is 4.02. The number of thioether (sulfide) groups is 1. The number of aryl methyl sites for hydroxylation is 1. The zero-order valence-electron chi connectivity index (χ0n) is 16.9. The molecule has 1 aliphatic rings. The number of benzene rings is 1. The summed E-state index contributed by atoms with van der Waals surface area (Å²) in [5.41, 5.74) is 1.67. The lowest BCUT2D eigenvalue weighted by Gasteiger charge is -2.28. The molecule has 1 amide bonds. The number of anilines is 1. The average molecular weight is 445 g/mol. The highest BCUT2D eigenvalue weighted by Crippen LogP contribution is 2.44. The number of furan rings is 1. The lowest BCUT2D eigenvalue weighted by atomic mass is 10.1. The van der Waals surface area contributed by atoms with Gasteiger partial charge in [-0.1, -0.05) is 36.7 Å². The topological polar surface area (TPSA) is 81.3 Å². The zero-order chi connectivity index (χ0) is 21.3. The molecule has 30 heavy (non-hydrogen) atoms. The van der Waals surface area contributed by atoms with Gasteiger partial charge in [-0.25, -0.2) is 0 Å². The maximum absolute atomic E-state index is 12.7. The Bertz CT molecular complexity index is 1090. The van der Waals surface area contributed by atoms with Crippen LogP contribution < -0.4 is 9.64 Å². The maximum atomic E-state index is 12.7. The van der Waals surface area contributed by atoms with E-state index in [-0.39, 0.29) is 11.8 Å². The van der Waals surface area contributed by atoms with Gasteiger partial charge < -0.3 is 9.15 Å². The van der Waals surface area contributed by atoms with E-state index < -0.39 is 6.23 Å². The highest BCUT2D eigenvalue weighted by atomic mass is 35.5. The number of carbonyl (C=O) groups is 1. The highest BCUT2D eigenvalue weighted by molar-refractivity contribution is 7.99. The number of hydrogen-bond donors (Lipinski definition) is 0. The minimum absolute atomic E-state index is 0.212. The summed E-state index contributed by atoms with van der Waals surface area (Å²) < 4.78 is 12.0. The Morgan fingerprint density at radius 1 is 1.27 bits per heavy atom. The number of carbonyl (C=O) groups excluding carboxylic acids is 1. The third-order valence-electron chi connectivity index (χ3n) is 4.64. The Kier molecular flexibility index (Phi) is 5.97. The summed E-state index contributed by atoms with van der Waals surface area (Å²) in [6, 6.07) is 8.86. The van der Waals surface area contributed by atoms with Crippen LogP contribution in [0.3, 0.4) is 0 Å². The van der Waals surface area contributed by atoms with Crippen LogP contribution in [0.5, 0.6) is 5.88 Å². The molecule has 0 radical (unpaired) electrons. The van der Waals surface area contributed by atoms with Gasteiger partial charge in [0.2, 0.25) is 23.2 Å². The van der Waals surface area contributed by atoms with Gasteiger partial charge in [0, 0.05) is 23.3 Å². The van der Waals surface area contributed by atoms with Crippen LogP contribution in [0.4, 0.5) is 5.69 Å². The molecule has 0 spiro atoms. The molecule has 0 unspecified atom stereocenters. The predicted octanol–water partition coefficient (Wildman–Crippen LogP) is 5.43. The van der Waals surface area contributed by atoms with Crippen LogP contribution in [-0.2, 0) is 4.79 Å².